The summed E-state index contributed by atoms with van der Waals surface area (Å²) in [4.78, 5) is 0. The van der Waals surface area contributed by atoms with Gasteiger partial charge in [-0.1, -0.05) is 19.1 Å². The Morgan fingerprint density at radius 2 is 2.31 bits per heavy atom. The van der Waals surface area contributed by atoms with E-state index in [4.69, 9.17) is 4.74 Å². The molecule has 0 aliphatic carbocycles. The first kappa shape index (κ1) is 10.1. The summed E-state index contributed by atoms with van der Waals surface area (Å²) >= 11 is 0. The number of benzene rings is 1. The van der Waals surface area contributed by atoms with Crippen molar-refractivity contribution in [3.05, 3.63) is 29.8 Å². The van der Waals surface area contributed by atoms with Crippen LogP contribution in [0.15, 0.2) is 24.3 Å². The Morgan fingerprint density at radius 3 is 3.00 bits per heavy atom. The molecule has 1 aromatic rings. The summed E-state index contributed by atoms with van der Waals surface area (Å²) in [6.07, 6.45) is 1.08. The van der Waals surface area contributed by atoms with E-state index in [1.165, 1.54) is 11.3 Å². The lowest BCUT2D eigenvalue weighted by atomic mass is 10.1. The average Bonchev–Trinajstić information content (AvgIpc) is 2.19. The molecule has 0 aliphatic rings. The average molecular weight is 181 g/mol. The number of nitrogens with one attached hydrogen (secondary N) is 1. The molecule has 0 saturated heterocycles. The van der Waals surface area contributed by atoms with Crippen LogP contribution < -0.4 is 5.32 Å². The van der Waals surface area contributed by atoms with E-state index in [1.54, 1.807) is 7.11 Å². The summed E-state index contributed by atoms with van der Waals surface area (Å²) in [5.41, 5.74) is 2.54. The van der Waals surface area contributed by atoms with Crippen LogP contribution in [0.1, 0.15) is 13.9 Å². The third kappa shape index (κ3) is 3.47. The Labute approximate surface area is 81.4 Å². The Bertz CT molecular complexity index is 253. The molecule has 1 aromatic carbocycles. The molecular formula is C11H19NO. The van der Waals surface area contributed by atoms with E-state index >= 15 is 0 Å². The fraction of sp³-hybridized carbons (Fsp3) is 0.455. The van der Waals surface area contributed by atoms with Gasteiger partial charge in [0, 0.05) is 20.8 Å². The van der Waals surface area contributed by atoms with Crippen molar-refractivity contribution in [1.29, 1.82) is 0 Å². The van der Waals surface area contributed by atoms with E-state index in [-0.39, 0.29) is 1.43 Å². The number of aryl methyl sites for hydroxylation is 1. The van der Waals surface area contributed by atoms with Crippen molar-refractivity contribution in [2.45, 2.75) is 13.3 Å². The van der Waals surface area contributed by atoms with Crippen LogP contribution in [0.2, 0.25) is 0 Å². The summed E-state index contributed by atoms with van der Waals surface area (Å²) in [6.45, 7) is 3.77. The summed E-state index contributed by atoms with van der Waals surface area (Å²) in [5, 5.41) is 3.30. The van der Waals surface area contributed by atoms with E-state index in [0.29, 0.717) is 0 Å². The molecule has 0 spiro atoms. The fourth-order valence-electron chi connectivity index (χ4n) is 1.20. The van der Waals surface area contributed by atoms with E-state index in [9.17, 15) is 0 Å². The number of anilines is 1. The van der Waals surface area contributed by atoms with E-state index in [0.717, 1.165) is 19.6 Å². The third-order valence-corrected chi connectivity index (χ3v) is 1.97. The minimum atomic E-state index is 0. The molecule has 0 saturated carbocycles. The highest BCUT2D eigenvalue weighted by Gasteiger charge is 1.92. The highest BCUT2D eigenvalue weighted by atomic mass is 16.5. The summed E-state index contributed by atoms with van der Waals surface area (Å²) in [7, 11) is 1.71. The van der Waals surface area contributed by atoms with Crippen LogP contribution in [0.4, 0.5) is 5.69 Å². The predicted molar refractivity (Wildman–Crippen MR) is 58.3 cm³/mol. The minimum absolute atomic E-state index is 0. The smallest absolute Gasteiger partial charge is 0.0635 e. The maximum absolute atomic E-state index is 4.96. The summed E-state index contributed by atoms with van der Waals surface area (Å²) < 4.78 is 4.96. The molecule has 74 valence electrons. The first-order valence-corrected chi connectivity index (χ1v) is 4.68. The Morgan fingerprint density at radius 1 is 1.46 bits per heavy atom. The van der Waals surface area contributed by atoms with Crippen LogP contribution in [0.5, 0.6) is 0 Å². The number of rotatable bonds is 5. The van der Waals surface area contributed by atoms with Gasteiger partial charge in [0.25, 0.3) is 0 Å². The summed E-state index contributed by atoms with van der Waals surface area (Å²) in [5.74, 6) is 0. The topological polar surface area (TPSA) is 21.3 Å². The molecule has 1 rings (SSSR count). The molecule has 0 atom stereocenters. The molecule has 0 fully saturated rings. The molecule has 0 aliphatic heterocycles. The fourth-order valence-corrected chi connectivity index (χ4v) is 1.20. The first-order valence-electron chi connectivity index (χ1n) is 4.68. The van der Waals surface area contributed by atoms with Gasteiger partial charge in [-0.15, -0.1) is 0 Å². The van der Waals surface area contributed by atoms with Crippen LogP contribution in [0.3, 0.4) is 0 Å². The second-order valence-corrected chi connectivity index (χ2v) is 2.97. The van der Waals surface area contributed by atoms with Crippen molar-refractivity contribution in [1.82, 2.24) is 0 Å². The molecule has 2 nitrogen and oxygen atoms in total. The molecule has 0 aromatic heterocycles. The SMILES string of the molecule is CCc1cccc(NCCOC)c1.[HH]. The van der Waals surface area contributed by atoms with Gasteiger partial charge in [-0.3, -0.25) is 0 Å². The van der Waals surface area contributed by atoms with Crippen molar-refractivity contribution in [2.24, 2.45) is 0 Å². The van der Waals surface area contributed by atoms with Crippen molar-refractivity contribution in [2.75, 3.05) is 25.6 Å². The molecular weight excluding hydrogens is 162 g/mol. The molecule has 13 heavy (non-hydrogen) atoms. The van der Waals surface area contributed by atoms with Crippen LogP contribution in [-0.4, -0.2) is 20.3 Å². The lowest BCUT2D eigenvalue weighted by Gasteiger charge is -2.06. The van der Waals surface area contributed by atoms with Crippen molar-refractivity contribution < 1.29 is 6.16 Å². The Hall–Kier alpha value is -1.02. The predicted octanol–water partition coefficient (Wildman–Crippen LogP) is 2.55. The Kier molecular flexibility index (Phi) is 4.33. The lowest BCUT2D eigenvalue weighted by Crippen LogP contribution is -2.07. The van der Waals surface area contributed by atoms with Gasteiger partial charge in [-0.25, -0.2) is 0 Å². The normalized spacial score (nSPS) is 10.0. The lowest BCUT2D eigenvalue weighted by molar-refractivity contribution is 0.211. The standard InChI is InChI=1S/C11H17NO.H2/c1-3-10-5-4-6-11(9-10)12-7-8-13-2;/h4-6,9,12H,3,7-8H2,1-2H3;1H. The highest BCUT2D eigenvalue weighted by Crippen LogP contribution is 2.10. The van der Waals surface area contributed by atoms with E-state index < -0.39 is 0 Å². The maximum atomic E-state index is 4.96. The van der Waals surface area contributed by atoms with Gasteiger partial charge in [0.05, 0.1) is 6.61 Å². The monoisotopic (exact) mass is 181 g/mol. The van der Waals surface area contributed by atoms with E-state index in [1.807, 2.05) is 0 Å². The van der Waals surface area contributed by atoms with Gasteiger partial charge < -0.3 is 10.1 Å². The van der Waals surface area contributed by atoms with Gasteiger partial charge in [0.15, 0.2) is 0 Å². The van der Waals surface area contributed by atoms with Gasteiger partial charge >= 0.3 is 0 Å². The maximum Gasteiger partial charge on any atom is 0.0635 e. The molecule has 0 radical (unpaired) electrons. The summed E-state index contributed by atoms with van der Waals surface area (Å²) in [6, 6.07) is 8.47. The number of methoxy groups -OCH3 is 1. The Balaban J connectivity index is 0.00000169. The number of hydrogen-bond acceptors (Lipinski definition) is 2. The molecule has 0 unspecified atom stereocenters. The van der Waals surface area contributed by atoms with Gasteiger partial charge in [0.1, 0.15) is 0 Å². The van der Waals surface area contributed by atoms with E-state index in [2.05, 4.69) is 36.5 Å². The minimum Gasteiger partial charge on any atom is -0.383 e. The number of ether oxygens (including phenoxy) is 1. The van der Waals surface area contributed by atoms with Crippen LogP contribution in [-0.2, 0) is 11.2 Å². The van der Waals surface area contributed by atoms with Crippen molar-refractivity contribution >= 4 is 5.69 Å². The largest absolute Gasteiger partial charge is 0.383 e. The molecule has 0 bridgehead atoms. The molecule has 2 heteroatoms. The molecule has 0 heterocycles. The number of hydrogen-bond donors (Lipinski definition) is 1. The van der Waals surface area contributed by atoms with Crippen LogP contribution in [0.25, 0.3) is 0 Å². The van der Waals surface area contributed by atoms with Gasteiger partial charge in [-0.2, -0.15) is 0 Å². The second kappa shape index (κ2) is 5.60. The molecule has 1 N–H and O–H groups in total. The van der Waals surface area contributed by atoms with Crippen molar-refractivity contribution in [3.8, 4) is 0 Å². The molecule has 0 amide bonds. The highest BCUT2D eigenvalue weighted by molar-refractivity contribution is 5.45. The zero-order valence-corrected chi connectivity index (χ0v) is 8.34. The second-order valence-electron chi connectivity index (χ2n) is 2.97. The van der Waals surface area contributed by atoms with Crippen LogP contribution >= 0.6 is 0 Å². The third-order valence-electron chi connectivity index (χ3n) is 1.97. The van der Waals surface area contributed by atoms with Gasteiger partial charge in [-0.05, 0) is 24.1 Å². The van der Waals surface area contributed by atoms with Crippen molar-refractivity contribution in [3.63, 3.8) is 0 Å². The zero-order valence-electron chi connectivity index (χ0n) is 8.34. The quantitative estimate of drug-likeness (QED) is 0.705. The zero-order chi connectivity index (χ0) is 9.52. The first-order chi connectivity index (χ1) is 6.36. The van der Waals surface area contributed by atoms with Crippen LogP contribution in [0, 0.1) is 0 Å². The van der Waals surface area contributed by atoms with Gasteiger partial charge in [0.2, 0.25) is 0 Å².